The molecular weight excluding hydrogens is 879 g/mol. The van der Waals surface area contributed by atoms with Gasteiger partial charge in [0.05, 0.1) is 49.9 Å². The van der Waals surface area contributed by atoms with Gasteiger partial charge in [-0.05, 0) is 75.5 Å². The van der Waals surface area contributed by atoms with Crippen LogP contribution in [0.15, 0.2) is 35.0 Å². The van der Waals surface area contributed by atoms with Gasteiger partial charge in [-0.1, -0.05) is 32.9 Å². The Labute approximate surface area is 387 Å². The Hall–Kier alpha value is -5.38. The van der Waals surface area contributed by atoms with E-state index >= 15 is 0 Å². The van der Waals surface area contributed by atoms with Crippen LogP contribution in [-0.4, -0.2) is 133 Å². The van der Waals surface area contributed by atoms with Crippen LogP contribution in [0.2, 0.25) is 0 Å². The molecule has 0 radical (unpaired) electrons. The molecule has 0 bridgehead atoms. The van der Waals surface area contributed by atoms with Crippen molar-refractivity contribution in [2.45, 2.75) is 127 Å². The van der Waals surface area contributed by atoms with Gasteiger partial charge in [-0.15, -0.1) is 22.7 Å². The number of methoxy groups -OCH3 is 4. The number of hydrogen-bond acceptors (Lipinski definition) is 15. The Balaban J connectivity index is 1.19. The Kier molecular flexibility index (Phi) is 16.1. The Morgan fingerprint density at radius 3 is 1.45 bits per heavy atom. The third kappa shape index (κ3) is 11.2. The fourth-order valence-electron chi connectivity index (χ4n) is 8.62. The fourth-order valence-corrected chi connectivity index (χ4v) is 10.1. The maximum atomic E-state index is 13.8. The average molecular weight is 940 g/mol. The zero-order chi connectivity index (χ0) is 47.2. The van der Waals surface area contributed by atoms with E-state index in [1.165, 1.54) is 66.5 Å². The van der Waals surface area contributed by atoms with Crippen LogP contribution < -0.4 is 26.2 Å². The lowest BCUT2D eigenvalue weighted by molar-refractivity contribution is -0.141. The van der Waals surface area contributed by atoms with E-state index in [0.717, 1.165) is 29.9 Å². The quantitative estimate of drug-likeness (QED) is 0.151. The van der Waals surface area contributed by atoms with Crippen molar-refractivity contribution in [3.63, 3.8) is 0 Å². The molecule has 0 spiro atoms. The van der Waals surface area contributed by atoms with E-state index in [9.17, 15) is 28.8 Å². The van der Waals surface area contributed by atoms with Gasteiger partial charge in [0.1, 0.15) is 24.2 Å². The fraction of sp³-hybridized carbons (Fsp3) is 0.591. The summed E-state index contributed by atoms with van der Waals surface area (Å²) in [5.41, 5.74) is 3.61. The summed E-state index contributed by atoms with van der Waals surface area (Å²) in [5, 5.41) is 15.7. The molecule has 4 N–H and O–H groups in total. The first-order valence-corrected chi connectivity index (χ1v) is 23.5. The topological polar surface area (TPSA) is 223 Å². The minimum absolute atomic E-state index is 0.0625. The molecule has 3 saturated heterocycles. The predicted octanol–water partition coefficient (Wildman–Crippen LogP) is 5.36. The molecular formula is C44H61N9O10S2. The van der Waals surface area contributed by atoms with Crippen molar-refractivity contribution in [1.29, 1.82) is 0 Å². The summed E-state index contributed by atoms with van der Waals surface area (Å²) in [6.45, 7) is 10.5. The van der Waals surface area contributed by atoms with Gasteiger partial charge in [0, 0.05) is 43.8 Å². The first-order valence-electron chi connectivity index (χ1n) is 21.8. The van der Waals surface area contributed by atoms with Gasteiger partial charge in [-0.25, -0.2) is 19.6 Å². The minimum atomic E-state index is -1.05. The minimum Gasteiger partial charge on any atom is -0.453 e. The summed E-state index contributed by atoms with van der Waals surface area (Å²) < 4.78 is 20.2. The number of anilines is 3. The largest absolute Gasteiger partial charge is 0.453 e. The Morgan fingerprint density at radius 1 is 0.662 bits per heavy atom. The highest BCUT2D eigenvalue weighted by molar-refractivity contribution is 7.14. The smallest absolute Gasteiger partial charge is 0.407 e. The van der Waals surface area contributed by atoms with E-state index in [1.54, 1.807) is 13.8 Å². The Bertz CT molecular complexity index is 2060. The summed E-state index contributed by atoms with van der Waals surface area (Å²) in [6, 6.07) is 4.44. The second-order valence-corrected chi connectivity index (χ2v) is 19.2. The molecule has 21 heteroatoms. The second-order valence-electron chi connectivity index (χ2n) is 17.4. The van der Waals surface area contributed by atoms with Crippen molar-refractivity contribution < 1.29 is 47.7 Å². The molecule has 1 aromatic carbocycles. The molecule has 3 aliphatic rings. The van der Waals surface area contributed by atoms with Crippen molar-refractivity contribution >= 4 is 74.4 Å². The third-order valence-electron chi connectivity index (χ3n) is 12.4. The van der Waals surface area contributed by atoms with Gasteiger partial charge in [0.15, 0.2) is 10.3 Å². The lowest BCUT2D eigenvalue weighted by atomic mass is 9.87. The normalized spacial score (nSPS) is 21.6. The molecule has 0 saturated carbocycles. The molecule has 3 aromatic rings. The van der Waals surface area contributed by atoms with Gasteiger partial charge < -0.3 is 54.9 Å². The number of nitrogens with zero attached hydrogens (tertiary/aromatic N) is 5. The number of carbonyl (C=O) groups excluding carboxylic acids is 6. The van der Waals surface area contributed by atoms with E-state index in [2.05, 4.69) is 71.2 Å². The number of carbonyl (C=O) groups is 6. The van der Waals surface area contributed by atoms with Crippen molar-refractivity contribution in [1.82, 2.24) is 30.4 Å². The van der Waals surface area contributed by atoms with Crippen LogP contribution in [0, 0.1) is 0 Å². The van der Waals surface area contributed by atoms with E-state index in [4.69, 9.17) is 28.9 Å². The molecule has 0 unspecified atom stereocenters. The number of ether oxygens (including phenoxy) is 4. The number of amides is 6. The van der Waals surface area contributed by atoms with Gasteiger partial charge in [0.2, 0.25) is 23.6 Å². The van der Waals surface area contributed by atoms with Crippen LogP contribution in [0.4, 0.5) is 25.5 Å². The van der Waals surface area contributed by atoms with Gasteiger partial charge in [0.25, 0.3) is 0 Å². The lowest BCUT2D eigenvalue weighted by Crippen LogP contribution is -2.56. The van der Waals surface area contributed by atoms with Crippen LogP contribution in [0.1, 0.15) is 102 Å². The third-order valence-corrected chi connectivity index (χ3v) is 14.0. The van der Waals surface area contributed by atoms with Crippen LogP contribution in [0.3, 0.4) is 0 Å². The molecule has 3 aliphatic heterocycles. The standard InChI is InChI=1S/C44H61N9O10S2/c1-24(60-6)34(47-42(58)62-8)38(56)51-20-10-12-32(51)36(54)49-40-45-28(22-64-40)30-18-19-31(53(30)27-16-14-26(15-17-27)44(3,4)5)29-23-65-41(46-29)50-37(55)33-13-11-21-52(33)39(57)35(25(2)61-7)48-43(59)63-9/h14-17,22-25,30-35H,10-13,18-21H2,1-9H3,(H,47,58)(H,48,59)(H,45,49,54)(H,46,50,55)/t24-,25-,30-,31-,32+,33+,34+,35+/m1/s1. The summed E-state index contributed by atoms with van der Waals surface area (Å²) in [5.74, 6) is -1.63. The van der Waals surface area contributed by atoms with Gasteiger partial charge in [-0.2, -0.15) is 0 Å². The monoisotopic (exact) mass is 939 g/mol. The van der Waals surface area contributed by atoms with E-state index in [0.29, 0.717) is 49.0 Å². The highest BCUT2D eigenvalue weighted by Gasteiger charge is 2.43. The first kappa shape index (κ1) is 49.1. The maximum absolute atomic E-state index is 13.8. The Morgan fingerprint density at radius 2 is 1.08 bits per heavy atom. The number of likely N-dealkylation sites (tertiary alicyclic amines) is 2. The summed E-state index contributed by atoms with van der Waals surface area (Å²) in [6.07, 6.45) is 0.645. The van der Waals surface area contributed by atoms with Crippen LogP contribution in [-0.2, 0) is 43.5 Å². The van der Waals surface area contributed by atoms with Crippen LogP contribution >= 0.6 is 22.7 Å². The number of rotatable bonds is 15. The number of aromatic nitrogens is 2. The van der Waals surface area contributed by atoms with E-state index in [1.807, 2.05) is 10.8 Å². The van der Waals surface area contributed by atoms with E-state index < -0.39 is 60.4 Å². The molecule has 3 fully saturated rings. The number of benzene rings is 1. The SMILES string of the molecule is COC(=O)N[C@H](C(=O)N1CCC[C@H]1C(=O)Nc1nc([C@H]2CC[C@H](c3csc(NC(=O)[C@@H]4CCCN4C(=O)[C@@H](NC(=O)OC)[C@@H](C)OC)n3)N2c2ccc(C(C)(C)C)cc2)cs1)[C@@H](C)OC. The van der Waals surface area contributed by atoms with E-state index in [-0.39, 0.29) is 29.3 Å². The highest BCUT2D eigenvalue weighted by Crippen LogP contribution is 2.48. The molecule has 2 aromatic heterocycles. The predicted molar refractivity (Wildman–Crippen MR) is 245 cm³/mol. The maximum Gasteiger partial charge on any atom is 0.407 e. The summed E-state index contributed by atoms with van der Waals surface area (Å²) >= 11 is 2.61. The second kappa shape index (κ2) is 21.3. The average Bonchev–Trinajstić information content (AvgIpc) is 4.16. The van der Waals surface area contributed by atoms with Crippen molar-refractivity contribution in [3.8, 4) is 0 Å². The molecule has 5 heterocycles. The zero-order valence-corrected chi connectivity index (χ0v) is 40.0. The van der Waals surface area contributed by atoms with Gasteiger partial charge >= 0.3 is 12.2 Å². The van der Waals surface area contributed by atoms with Crippen molar-refractivity contribution in [2.75, 3.05) is 57.1 Å². The summed E-state index contributed by atoms with van der Waals surface area (Å²) in [7, 11) is 5.30. The number of thiazole rings is 2. The van der Waals surface area contributed by atoms with Crippen LogP contribution in [0.5, 0.6) is 0 Å². The summed E-state index contributed by atoms with van der Waals surface area (Å²) in [4.78, 5) is 94.3. The number of nitrogens with one attached hydrogen (secondary N) is 4. The molecule has 0 aliphatic carbocycles. The molecule has 354 valence electrons. The molecule has 65 heavy (non-hydrogen) atoms. The van der Waals surface area contributed by atoms with Crippen molar-refractivity contribution in [2.24, 2.45) is 0 Å². The molecule has 8 atom stereocenters. The van der Waals surface area contributed by atoms with Crippen molar-refractivity contribution in [3.05, 3.63) is 52.0 Å². The van der Waals surface area contributed by atoms with Gasteiger partial charge in [-0.3, -0.25) is 19.2 Å². The number of alkyl carbamates (subject to hydrolysis) is 2. The molecule has 6 amide bonds. The first-order chi connectivity index (χ1) is 31.0. The lowest BCUT2D eigenvalue weighted by Gasteiger charge is -2.32. The zero-order valence-electron chi connectivity index (χ0n) is 38.4. The molecule has 6 rings (SSSR count). The molecule has 19 nitrogen and oxygen atoms in total. The number of hydrogen-bond donors (Lipinski definition) is 4. The highest BCUT2D eigenvalue weighted by atomic mass is 32.1. The van der Waals surface area contributed by atoms with Crippen LogP contribution in [0.25, 0.3) is 0 Å².